The van der Waals surface area contributed by atoms with E-state index in [4.69, 9.17) is 12.2 Å². The Balaban J connectivity index is 1.87. The fraction of sp³-hybridized carbons (Fsp3) is 0.100. The summed E-state index contributed by atoms with van der Waals surface area (Å²) in [4.78, 5) is 18.3. The summed E-state index contributed by atoms with van der Waals surface area (Å²) in [5.41, 5.74) is 5.72. The number of fused-ring (bicyclic) bond motifs is 1. The fourth-order valence-corrected chi connectivity index (χ4v) is 3.50. The van der Waals surface area contributed by atoms with Gasteiger partial charge < -0.3 is 4.98 Å². The molecule has 6 nitrogen and oxygen atoms in total. The Labute approximate surface area is 160 Å². The Morgan fingerprint density at radius 3 is 2.70 bits per heavy atom. The molecule has 134 valence electrons. The highest BCUT2D eigenvalue weighted by Crippen LogP contribution is 2.27. The molecule has 2 aromatic heterocycles. The van der Waals surface area contributed by atoms with Crippen molar-refractivity contribution in [2.75, 3.05) is 0 Å². The molecule has 1 N–H and O–H groups in total. The summed E-state index contributed by atoms with van der Waals surface area (Å²) in [6.07, 6.45) is 3.60. The summed E-state index contributed by atoms with van der Waals surface area (Å²) in [5.74, 6) is 0.593. The normalized spacial score (nSPS) is 11.0. The monoisotopic (exact) mass is 376 g/mol. The third-order valence-electron chi connectivity index (χ3n) is 4.54. The number of hydrogen-bond acceptors (Lipinski definition) is 4. The number of rotatable bonds is 3. The lowest BCUT2D eigenvalue weighted by molar-refractivity contribution is -0.384. The van der Waals surface area contributed by atoms with Gasteiger partial charge in [0.2, 0.25) is 5.78 Å². The van der Waals surface area contributed by atoms with Crippen molar-refractivity contribution in [1.29, 1.82) is 0 Å². The molecule has 0 aliphatic carbocycles. The van der Waals surface area contributed by atoms with Gasteiger partial charge in [-0.1, -0.05) is 48.1 Å². The number of nitro benzene ring substituents is 1. The number of imidazole rings is 1. The summed E-state index contributed by atoms with van der Waals surface area (Å²) < 4.78 is 2.44. The average molecular weight is 376 g/mol. The van der Waals surface area contributed by atoms with Gasteiger partial charge in [0.05, 0.1) is 10.6 Å². The van der Waals surface area contributed by atoms with Gasteiger partial charge in [-0.3, -0.25) is 14.5 Å². The summed E-state index contributed by atoms with van der Waals surface area (Å²) in [6.45, 7) is 4.11. The van der Waals surface area contributed by atoms with Crippen LogP contribution in [0.25, 0.3) is 28.2 Å². The van der Waals surface area contributed by atoms with Crippen molar-refractivity contribution >= 4 is 23.7 Å². The Kier molecular flexibility index (Phi) is 4.08. The number of nitro groups is 1. The van der Waals surface area contributed by atoms with Gasteiger partial charge in [0.1, 0.15) is 4.64 Å². The van der Waals surface area contributed by atoms with Crippen LogP contribution in [0.3, 0.4) is 0 Å². The maximum Gasteiger partial charge on any atom is 0.270 e. The first-order chi connectivity index (χ1) is 12.9. The Morgan fingerprint density at radius 2 is 1.96 bits per heavy atom. The SMILES string of the molecule is Cc1ccc(-c2cnc3[nH]c(-c4cccc([N+](=O)[O-])c4)cn3c2=S)c(C)c1. The van der Waals surface area contributed by atoms with E-state index >= 15 is 0 Å². The largest absolute Gasteiger partial charge is 0.323 e. The molecule has 2 aromatic carbocycles. The van der Waals surface area contributed by atoms with Crippen LogP contribution in [-0.4, -0.2) is 19.3 Å². The van der Waals surface area contributed by atoms with E-state index in [9.17, 15) is 10.1 Å². The molecule has 0 amide bonds. The van der Waals surface area contributed by atoms with Crippen LogP contribution < -0.4 is 0 Å². The Morgan fingerprint density at radius 1 is 1.15 bits per heavy atom. The number of H-pyrrole nitrogens is 1. The highest BCUT2D eigenvalue weighted by molar-refractivity contribution is 7.71. The topological polar surface area (TPSA) is 76.2 Å². The highest BCUT2D eigenvalue weighted by Gasteiger charge is 2.12. The number of hydrogen-bond donors (Lipinski definition) is 1. The number of nitrogens with zero attached hydrogens (tertiary/aromatic N) is 3. The first kappa shape index (κ1) is 17.1. The van der Waals surface area contributed by atoms with Gasteiger partial charge in [-0.05, 0) is 25.0 Å². The minimum atomic E-state index is -0.408. The zero-order chi connectivity index (χ0) is 19.1. The zero-order valence-electron chi connectivity index (χ0n) is 14.8. The lowest BCUT2D eigenvalue weighted by atomic mass is 10.0. The minimum Gasteiger partial charge on any atom is -0.323 e. The third-order valence-corrected chi connectivity index (χ3v) is 4.95. The molecule has 0 radical (unpaired) electrons. The van der Waals surface area contributed by atoms with Crippen LogP contribution in [0.4, 0.5) is 5.69 Å². The second-order valence-corrected chi connectivity index (χ2v) is 6.85. The molecule has 0 aliphatic heterocycles. The highest BCUT2D eigenvalue weighted by atomic mass is 32.1. The first-order valence-corrected chi connectivity index (χ1v) is 8.78. The van der Waals surface area contributed by atoms with Crippen molar-refractivity contribution < 1.29 is 4.92 Å². The number of benzene rings is 2. The first-order valence-electron chi connectivity index (χ1n) is 8.37. The maximum absolute atomic E-state index is 11.0. The third kappa shape index (κ3) is 3.02. The van der Waals surface area contributed by atoms with Crippen LogP contribution in [0.5, 0.6) is 0 Å². The summed E-state index contributed by atoms with van der Waals surface area (Å²) >= 11 is 5.69. The van der Waals surface area contributed by atoms with E-state index in [2.05, 4.69) is 42.0 Å². The van der Waals surface area contributed by atoms with Gasteiger partial charge in [-0.2, -0.15) is 0 Å². The molecule has 0 spiro atoms. The molecule has 0 unspecified atom stereocenters. The number of aromatic amines is 1. The van der Waals surface area contributed by atoms with Crippen LogP contribution in [0.1, 0.15) is 11.1 Å². The fourth-order valence-electron chi connectivity index (χ4n) is 3.20. The maximum atomic E-state index is 11.0. The molecule has 27 heavy (non-hydrogen) atoms. The van der Waals surface area contributed by atoms with Crippen molar-refractivity contribution in [1.82, 2.24) is 14.4 Å². The van der Waals surface area contributed by atoms with Gasteiger partial charge in [0.25, 0.3) is 5.69 Å². The van der Waals surface area contributed by atoms with E-state index in [1.807, 2.05) is 12.3 Å². The van der Waals surface area contributed by atoms with Gasteiger partial charge in [-0.15, -0.1) is 0 Å². The molecule has 0 aliphatic rings. The van der Waals surface area contributed by atoms with E-state index in [0.29, 0.717) is 16.0 Å². The standard InChI is InChI=1S/C20H16N4O2S/c1-12-6-7-16(13(2)8-12)17-10-21-20-22-18(11-23(20)19(17)27)14-4-3-5-15(9-14)24(25)26/h3-11H,1-2H3,(H,21,22). The second-order valence-electron chi connectivity index (χ2n) is 6.46. The molecule has 2 heterocycles. The number of non-ortho nitro benzene ring substituents is 1. The quantitative estimate of drug-likeness (QED) is 0.301. The zero-order valence-corrected chi connectivity index (χ0v) is 15.6. The van der Waals surface area contributed by atoms with Crippen molar-refractivity contribution in [3.8, 4) is 22.4 Å². The average Bonchev–Trinajstić information content (AvgIpc) is 3.08. The van der Waals surface area contributed by atoms with Gasteiger partial charge in [-0.25, -0.2) is 4.98 Å². The Bertz CT molecular complexity index is 1260. The number of aromatic nitrogens is 3. The van der Waals surface area contributed by atoms with E-state index in [0.717, 1.165) is 22.4 Å². The molecule has 4 aromatic rings. The number of aryl methyl sites for hydroxylation is 2. The molecule has 0 fully saturated rings. The van der Waals surface area contributed by atoms with E-state index in [-0.39, 0.29) is 5.69 Å². The van der Waals surface area contributed by atoms with E-state index < -0.39 is 4.92 Å². The molecule has 4 rings (SSSR count). The molecule has 7 heteroatoms. The Hall–Kier alpha value is -3.32. The molecular formula is C20H16N4O2S. The smallest absolute Gasteiger partial charge is 0.270 e. The van der Waals surface area contributed by atoms with Gasteiger partial charge in [0.15, 0.2) is 0 Å². The predicted octanol–water partition coefficient (Wildman–Crippen LogP) is 5.25. The summed E-state index contributed by atoms with van der Waals surface area (Å²) in [5, 5.41) is 11.0. The van der Waals surface area contributed by atoms with Crippen LogP contribution in [0.2, 0.25) is 0 Å². The predicted molar refractivity (Wildman–Crippen MR) is 107 cm³/mol. The lowest BCUT2D eigenvalue weighted by Gasteiger charge is -2.07. The van der Waals surface area contributed by atoms with E-state index in [1.54, 1.807) is 16.7 Å². The van der Waals surface area contributed by atoms with Gasteiger partial charge in [0, 0.05) is 35.7 Å². The van der Waals surface area contributed by atoms with E-state index in [1.165, 1.54) is 17.7 Å². The summed E-state index contributed by atoms with van der Waals surface area (Å²) in [7, 11) is 0. The van der Waals surface area contributed by atoms with Crippen LogP contribution in [0.15, 0.2) is 54.9 Å². The van der Waals surface area contributed by atoms with Gasteiger partial charge >= 0.3 is 0 Å². The second kappa shape index (κ2) is 6.44. The molecular weight excluding hydrogens is 360 g/mol. The molecule has 0 saturated heterocycles. The molecule has 0 atom stereocenters. The van der Waals surface area contributed by atoms with Crippen molar-refractivity contribution in [3.05, 3.63) is 80.7 Å². The van der Waals surface area contributed by atoms with Crippen LogP contribution >= 0.6 is 12.2 Å². The van der Waals surface area contributed by atoms with Crippen molar-refractivity contribution in [2.45, 2.75) is 13.8 Å². The minimum absolute atomic E-state index is 0.0404. The van der Waals surface area contributed by atoms with Crippen molar-refractivity contribution in [3.63, 3.8) is 0 Å². The van der Waals surface area contributed by atoms with Crippen LogP contribution in [0, 0.1) is 28.6 Å². The van der Waals surface area contributed by atoms with Crippen molar-refractivity contribution in [2.24, 2.45) is 0 Å². The summed E-state index contributed by atoms with van der Waals surface area (Å²) in [6, 6.07) is 12.7. The molecule has 0 bridgehead atoms. The number of nitrogens with one attached hydrogen (secondary N) is 1. The molecule has 0 saturated carbocycles. The van der Waals surface area contributed by atoms with Crippen LogP contribution in [-0.2, 0) is 0 Å². The lowest BCUT2D eigenvalue weighted by Crippen LogP contribution is -1.94.